The lowest BCUT2D eigenvalue weighted by atomic mass is 10.1. The zero-order chi connectivity index (χ0) is 14.9. The van der Waals surface area contributed by atoms with Crippen molar-refractivity contribution in [2.75, 3.05) is 11.5 Å². The summed E-state index contributed by atoms with van der Waals surface area (Å²) in [6.07, 6.45) is -0.323. The molecule has 0 saturated carbocycles. The highest BCUT2D eigenvalue weighted by molar-refractivity contribution is 5.58. The molecule has 7 nitrogen and oxygen atoms in total. The first-order chi connectivity index (χ1) is 9.40. The van der Waals surface area contributed by atoms with Crippen molar-refractivity contribution in [1.82, 2.24) is 9.97 Å². The van der Waals surface area contributed by atoms with E-state index in [0.29, 0.717) is 0 Å². The van der Waals surface area contributed by atoms with Crippen LogP contribution in [-0.2, 0) is 6.42 Å². The van der Waals surface area contributed by atoms with E-state index < -0.39 is 28.1 Å². The van der Waals surface area contributed by atoms with Gasteiger partial charge in [0.05, 0.1) is 4.92 Å². The summed E-state index contributed by atoms with van der Waals surface area (Å²) in [6.45, 7) is 0. The quantitative estimate of drug-likeness (QED) is 0.648. The van der Waals surface area contributed by atoms with Crippen LogP contribution < -0.4 is 11.5 Å². The Bertz CT molecular complexity index is 693. The third-order valence-corrected chi connectivity index (χ3v) is 2.57. The average Bonchev–Trinajstić information content (AvgIpc) is 2.33. The Morgan fingerprint density at radius 2 is 1.95 bits per heavy atom. The second-order valence-electron chi connectivity index (χ2n) is 3.91. The van der Waals surface area contributed by atoms with Gasteiger partial charge >= 0.3 is 5.69 Å². The minimum Gasteiger partial charge on any atom is -0.378 e. The number of benzene rings is 1. The zero-order valence-corrected chi connectivity index (χ0v) is 10.0. The molecule has 0 atom stereocenters. The van der Waals surface area contributed by atoms with Crippen molar-refractivity contribution < 1.29 is 13.7 Å². The first-order valence-corrected chi connectivity index (χ1v) is 5.39. The number of aromatic nitrogens is 2. The highest BCUT2D eigenvalue weighted by Gasteiger charge is 2.23. The number of rotatable bonds is 3. The van der Waals surface area contributed by atoms with Gasteiger partial charge in [0.1, 0.15) is 5.69 Å². The third kappa shape index (κ3) is 2.46. The Labute approximate surface area is 111 Å². The number of nitrogen functional groups attached to an aromatic ring is 2. The summed E-state index contributed by atoms with van der Waals surface area (Å²) in [6, 6.07) is 3.51. The van der Waals surface area contributed by atoms with E-state index in [9.17, 15) is 18.9 Å². The Morgan fingerprint density at radius 3 is 2.60 bits per heavy atom. The van der Waals surface area contributed by atoms with Gasteiger partial charge in [-0.1, -0.05) is 12.1 Å². The molecule has 20 heavy (non-hydrogen) atoms. The van der Waals surface area contributed by atoms with Crippen molar-refractivity contribution in [3.05, 3.63) is 51.2 Å². The number of nitro groups is 1. The van der Waals surface area contributed by atoms with Crippen molar-refractivity contribution in [2.24, 2.45) is 0 Å². The number of hydrogen-bond donors (Lipinski definition) is 2. The van der Waals surface area contributed by atoms with Crippen LogP contribution in [0.15, 0.2) is 18.2 Å². The SMILES string of the molecule is Nc1nc(N)c([N+](=O)[O-])c(Cc2cccc(F)c2F)n1. The Balaban J connectivity index is 2.53. The third-order valence-electron chi connectivity index (χ3n) is 2.57. The molecule has 0 unspecified atom stereocenters. The van der Waals surface area contributed by atoms with Crippen molar-refractivity contribution in [1.29, 1.82) is 0 Å². The van der Waals surface area contributed by atoms with Gasteiger partial charge in [-0.25, -0.2) is 13.8 Å². The van der Waals surface area contributed by atoms with Crippen molar-refractivity contribution in [3.8, 4) is 0 Å². The maximum atomic E-state index is 13.6. The predicted molar refractivity (Wildman–Crippen MR) is 66.7 cm³/mol. The Hall–Kier alpha value is -2.84. The molecule has 0 aliphatic carbocycles. The highest BCUT2D eigenvalue weighted by atomic mass is 19.2. The number of hydrogen-bond acceptors (Lipinski definition) is 6. The first-order valence-electron chi connectivity index (χ1n) is 5.39. The summed E-state index contributed by atoms with van der Waals surface area (Å²) in [5, 5.41) is 10.9. The normalized spacial score (nSPS) is 10.5. The summed E-state index contributed by atoms with van der Waals surface area (Å²) >= 11 is 0. The van der Waals surface area contributed by atoms with Crippen LogP contribution in [0.5, 0.6) is 0 Å². The predicted octanol–water partition coefficient (Wildman–Crippen LogP) is 1.42. The largest absolute Gasteiger partial charge is 0.378 e. The van der Waals surface area contributed by atoms with E-state index in [-0.39, 0.29) is 23.6 Å². The molecule has 1 aromatic heterocycles. The summed E-state index contributed by atoms with van der Waals surface area (Å²) in [5.41, 5.74) is 9.93. The van der Waals surface area contributed by atoms with Crippen LogP contribution in [0.1, 0.15) is 11.3 Å². The summed E-state index contributed by atoms with van der Waals surface area (Å²) in [7, 11) is 0. The molecule has 2 aromatic rings. The first kappa shape index (κ1) is 13.6. The van der Waals surface area contributed by atoms with E-state index in [0.717, 1.165) is 6.07 Å². The van der Waals surface area contributed by atoms with E-state index in [4.69, 9.17) is 11.5 Å². The molecule has 104 valence electrons. The lowest BCUT2D eigenvalue weighted by Crippen LogP contribution is -2.10. The van der Waals surface area contributed by atoms with Crippen LogP contribution in [-0.4, -0.2) is 14.9 Å². The van der Waals surface area contributed by atoms with Crippen molar-refractivity contribution in [2.45, 2.75) is 6.42 Å². The maximum absolute atomic E-state index is 13.6. The molecule has 0 aliphatic rings. The summed E-state index contributed by atoms with van der Waals surface area (Å²) < 4.78 is 26.7. The van der Waals surface area contributed by atoms with Crippen LogP contribution in [0, 0.1) is 21.7 Å². The molecule has 1 aromatic carbocycles. The van der Waals surface area contributed by atoms with E-state index in [2.05, 4.69) is 9.97 Å². The smallest absolute Gasteiger partial charge is 0.332 e. The molecule has 0 bridgehead atoms. The summed E-state index contributed by atoms with van der Waals surface area (Å²) in [4.78, 5) is 17.3. The highest BCUT2D eigenvalue weighted by Crippen LogP contribution is 2.27. The number of nitrogens with two attached hydrogens (primary N) is 2. The van der Waals surface area contributed by atoms with E-state index >= 15 is 0 Å². The molecule has 9 heteroatoms. The van der Waals surface area contributed by atoms with Gasteiger partial charge in [0.2, 0.25) is 11.8 Å². The molecule has 4 N–H and O–H groups in total. The fourth-order valence-corrected chi connectivity index (χ4v) is 1.73. The van der Waals surface area contributed by atoms with Gasteiger partial charge in [-0.2, -0.15) is 4.98 Å². The standard InChI is InChI=1S/C11H9F2N5O2/c12-6-3-1-2-5(8(6)13)4-7-9(18(19)20)10(14)17-11(15)16-7/h1-3H,4H2,(H4,14,15,16,17). The van der Waals surface area contributed by atoms with Crippen LogP contribution in [0.2, 0.25) is 0 Å². The van der Waals surface area contributed by atoms with Gasteiger partial charge < -0.3 is 11.5 Å². The minimum atomic E-state index is -1.10. The molecule has 0 amide bonds. The average molecular weight is 281 g/mol. The second kappa shape index (κ2) is 5.03. The molecule has 0 radical (unpaired) electrons. The monoisotopic (exact) mass is 281 g/mol. The molecular formula is C11H9F2N5O2. The van der Waals surface area contributed by atoms with Gasteiger partial charge in [-0.05, 0) is 11.6 Å². The molecule has 0 fully saturated rings. The Morgan fingerprint density at radius 1 is 1.25 bits per heavy atom. The summed E-state index contributed by atoms with van der Waals surface area (Å²) in [5.74, 6) is -2.85. The molecule has 0 spiro atoms. The molecule has 1 heterocycles. The van der Waals surface area contributed by atoms with Crippen LogP contribution in [0.3, 0.4) is 0 Å². The number of anilines is 2. The second-order valence-corrected chi connectivity index (χ2v) is 3.91. The van der Waals surface area contributed by atoms with Gasteiger partial charge in [-0.3, -0.25) is 10.1 Å². The van der Waals surface area contributed by atoms with Crippen LogP contribution >= 0.6 is 0 Å². The fraction of sp³-hybridized carbons (Fsp3) is 0.0909. The lowest BCUT2D eigenvalue weighted by molar-refractivity contribution is -0.385. The van der Waals surface area contributed by atoms with Crippen LogP contribution in [0.4, 0.5) is 26.2 Å². The fourth-order valence-electron chi connectivity index (χ4n) is 1.73. The topological polar surface area (TPSA) is 121 Å². The number of nitrogens with zero attached hydrogens (tertiary/aromatic N) is 3. The lowest BCUT2D eigenvalue weighted by Gasteiger charge is -2.06. The Kier molecular flexibility index (Phi) is 3.42. The van der Waals surface area contributed by atoms with Gasteiger partial charge in [0.15, 0.2) is 11.6 Å². The van der Waals surface area contributed by atoms with Crippen LogP contribution in [0.25, 0.3) is 0 Å². The molecule has 0 aliphatic heterocycles. The maximum Gasteiger partial charge on any atom is 0.332 e. The van der Waals surface area contributed by atoms with Crippen molar-refractivity contribution in [3.63, 3.8) is 0 Å². The number of halogens is 2. The van der Waals surface area contributed by atoms with Gasteiger partial charge in [0.25, 0.3) is 0 Å². The van der Waals surface area contributed by atoms with E-state index in [1.54, 1.807) is 0 Å². The molecule has 0 saturated heterocycles. The van der Waals surface area contributed by atoms with Crippen molar-refractivity contribution >= 4 is 17.5 Å². The molecule has 2 rings (SSSR count). The van der Waals surface area contributed by atoms with Gasteiger partial charge in [0, 0.05) is 6.42 Å². The minimum absolute atomic E-state index is 0.0920. The zero-order valence-electron chi connectivity index (χ0n) is 10.0. The van der Waals surface area contributed by atoms with E-state index in [1.165, 1.54) is 12.1 Å². The molecular weight excluding hydrogens is 272 g/mol. The van der Waals surface area contributed by atoms with Gasteiger partial charge in [-0.15, -0.1) is 0 Å². The van der Waals surface area contributed by atoms with E-state index in [1.807, 2.05) is 0 Å².